The zero-order valence-electron chi connectivity index (χ0n) is 23.0. The predicted octanol–water partition coefficient (Wildman–Crippen LogP) is 7.14. The van der Waals surface area contributed by atoms with Gasteiger partial charge in [0.05, 0.1) is 23.4 Å². The molecule has 1 aliphatic rings. The van der Waals surface area contributed by atoms with Crippen molar-refractivity contribution < 1.29 is 19.1 Å². The largest absolute Gasteiger partial charge is 0.493 e. The van der Waals surface area contributed by atoms with Gasteiger partial charge in [0.25, 0.3) is 11.8 Å². The Kier molecular flexibility index (Phi) is 8.50. The Balaban J connectivity index is 1.34. The van der Waals surface area contributed by atoms with Crippen molar-refractivity contribution in [3.05, 3.63) is 119 Å². The number of methoxy groups -OCH3 is 1. The van der Waals surface area contributed by atoms with Gasteiger partial charge in [0.1, 0.15) is 0 Å². The van der Waals surface area contributed by atoms with E-state index in [2.05, 4.69) is 5.32 Å². The van der Waals surface area contributed by atoms with E-state index in [1.807, 2.05) is 98.8 Å². The molecule has 2 amide bonds. The number of amidine groups is 1. The highest BCUT2D eigenvalue weighted by molar-refractivity contribution is 8.19. The van der Waals surface area contributed by atoms with Crippen LogP contribution in [0.2, 0.25) is 0 Å². The number of thioether (sulfide) groups is 1. The first-order valence-corrected chi connectivity index (χ1v) is 13.8. The molecule has 0 aliphatic carbocycles. The molecule has 1 N–H and O–H groups in total. The fraction of sp³-hybridized carbons (Fsp3) is 0.121. The van der Waals surface area contributed by atoms with Gasteiger partial charge in [-0.2, -0.15) is 0 Å². The van der Waals surface area contributed by atoms with Crippen LogP contribution in [-0.2, 0) is 9.59 Å². The third-order valence-corrected chi connectivity index (χ3v) is 7.41. The summed E-state index contributed by atoms with van der Waals surface area (Å²) in [5.74, 6) is 0.429. The highest BCUT2D eigenvalue weighted by Crippen LogP contribution is 2.38. The van der Waals surface area contributed by atoms with E-state index in [9.17, 15) is 9.59 Å². The first kappa shape index (κ1) is 27.7. The van der Waals surface area contributed by atoms with Crippen LogP contribution < -0.4 is 19.7 Å². The monoisotopic (exact) mass is 563 g/mol. The number of rotatable bonds is 8. The summed E-state index contributed by atoms with van der Waals surface area (Å²) in [7, 11) is 1.53. The van der Waals surface area contributed by atoms with Crippen molar-refractivity contribution in [2.45, 2.75) is 13.8 Å². The van der Waals surface area contributed by atoms with Gasteiger partial charge >= 0.3 is 0 Å². The van der Waals surface area contributed by atoms with Crippen LogP contribution in [0.15, 0.2) is 107 Å². The van der Waals surface area contributed by atoms with Crippen molar-refractivity contribution in [3.63, 3.8) is 0 Å². The van der Waals surface area contributed by atoms with Gasteiger partial charge in [-0.15, -0.1) is 0 Å². The van der Waals surface area contributed by atoms with Crippen LogP contribution >= 0.6 is 11.8 Å². The molecule has 206 valence electrons. The first-order valence-electron chi connectivity index (χ1n) is 13.0. The quantitative estimate of drug-likeness (QED) is 0.231. The molecule has 1 aliphatic heterocycles. The van der Waals surface area contributed by atoms with Crippen molar-refractivity contribution in [3.8, 4) is 11.5 Å². The molecule has 1 fully saturated rings. The lowest BCUT2D eigenvalue weighted by Gasteiger charge is -2.15. The number of hydrogen-bond acceptors (Lipinski definition) is 6. The number of aliphatic imine (C=N–C) groups is 1. The molecule has 41 heavy (non-hydrogen) atoms. The predicted molar refractivity (Wildman–Crippen MR) is 166 cm³/mol. The highest BCUT2D eigenvalue weighted by atomic mass is 32.2. The van der Waals surface area contributed by atoms with E-state index in [0.717, 1.165) is 28.1 Å². The summed E-state index contributed by atoms with van der Waals surface area (Å²) in [6, 6.07) is 30.1. The lowest BCUT2D eigenvalue weighted by molar-refractivity contribution is -0.118. The lowest BCUT2D eigenvalue weighted by atomic mass is 10.1. The minimum Gasteiger partial charge on any atom is -0.493 e. The highest BCUT2D eigenvalue weighted by Gasteiger charge is 2.34. The fourth-order valence-electron chi connectivity index (χ4n) is 4.17. The van der Waals surface area contributed by atoms with Crippen LogP contribution in [0.5, 0.6) is 11.5 Å². The van der Waals surface area contributed by atoms with Crippen LogP contribution in [0.3, 0.4) is 0 Å². The molecule has 0 spiro atoms. The molecule has 0 aromatic heterocycles. The Bertz CT molecular complexity index is 1640. The third kappa shape index (κ3) is 6.67. The summed E-state index contributed by atoms with van der Waals surface area (Å²) in [5.41, 5.74) is 5.22. The Labute approximate surface area is 243 Å². The van der Waals surface area contributed by atoms with Crippen molar-refractivity contribution in [1.29, 1.82) is 0 Å². The number of nitrogens with one attached hydrogen (secondary N) is 1. The number of para-hydroxylation sites is 2. The van der Waals surface area contributed by atoms with Crippen molar-refractivity contribution in [1.82, 2.24) is 0 Å². The average molecular weight is 564 g/mol. The zero-order valence-corrected chi connectivity index (χ0v) is 23.8. The van der Waals surface area contributed by atoms with Crippen LogP contribution in [0.4, 0.5) is 17.1 Å². The number of carbonyl (C=O) groups is 2. The molecular formula is C33H29N3O4S. The molecule has 0 radical (unpaired) electrons. The molecule has 0 bridgehead atoms. The van der Waals surface area contributed by atoms with Crippen LogP contribution in [0, 0.1) is 13.8 Å². The molecular weight excluding hydrogens is 534 g/mol. The molecule has 1 heterocycles. The van der Waals surface area contributed by atoms with E-state index < -0.39 is 0 Å². The van der Waals surface area contributed by atoms with Crippen molar-refractivity contribution >= 4 is 51.9 Å². The average Bonchev–Trinajstić information content (AvgIpc) is 3.28. The number of benzene rings is 4. The molecule has 4 aromatic carbocycles. The molecule has 7 nitrogen and oxygen atoms in total. The Morgan fingerprint density at radius 3 is 2.34 bits per heavy atom. The van der Waals surface area contributed by atoms with Gasteiger partial charge in [0, 0.05) is 5.69 Å². The zero-order chi connectivity index (χ0) is 28.8. The topological polar surface area (TPSA) is 80.2 Å². The first-order chi connectivity index (χ1) is 19.9. The van der Waals surface area contributed by atoms with E-state index >= 15 is 0 Å². The maximum Gasteiger partial charge on any atom is 0.271 e. The maximum atomic E-state index is 13.6. The van der Waals surface area contributed by atoms with Gasteiger partial charge in [-0.1, -0.05) is 48.5 Å². The molecule has 5 rings (SSSR count). The second-order valence-electron chi connectivity index (χ2n) is 9.36. The number of ether oxygens (including phenoxy) is 2. The normalized spacial score (nSPS) is 14.9. The summed E-state index contributed by atoms with van der Waals surface area (Å²) < 4.78 is 11.3. The Hall–Kier alpha value is -4.82. The smallest absolute Gasteiger partial charge is 0.271 e. The second-order valence-corrected chi connectivity index (χ2v) is 10.4. The van der Waals surface area contributed by atoms with Gasteiger partial charge in [0.15, 0.2) is 23.3 Å². The summed E-state index contributed by atoms with van der Waals surface area (Å²) in [4.78, 5) is 32.9. The molecule has 4 aromatic rings. The van der Waals surface area contributed by atoms with Crippen molar-refractivity contribution in [2.24, 2.45) is 4.99 Å². The van der Waals surface area contributed by atoms with Crippen LogP contribution in [-0.4, -0.2) is 30.7 Å². The van der Waals surface area contributed by atoms with E-state index in [1.54, 1.807) is 23.1 Å². The number of hydrogen-bond donors (Lipinski definition) is 1. The van der Waals surface area contributed by atoms with Gasteiger partial charge in [-0.3, -0.25) is 14.5 Å². The van der Waals surface area contributed by atoms with E-state index in [1.165, 1.54) is 18.9 Å². The van der Waals surface area contributed by atoms with Crippen molar-refractivity contribution in [2.75, 3.05) is 23.9 Å². The van der Waals surface area contributed by atoms with E-state index in [4.69, 9.17) is 14.5 Å². The van der Waals surface area contributed by atoms with E-state index in [-0.39, 0.29) is 18.4 Å². The molecule has 0 saturated carbocycles. The number of aryl methyl sites for hydroxylation is 2. The summed E-state index contributed by atoms with van der Waals surface area (Å²) in [6.45, 7) is 3.84. The minimum atomic E-state index is -0.277. The van der Waals surface area contributed by atoms with Gasteiger partial charge in [0.2, 0.25) is 0 Å². The van der Waals surface area contributed by atoms with Crippen LogP contribution in [0.1, 0.15) is 16.7 Å². The molecule has 1 saturated heterocycles. The Morgan fingerprint density at radius 2 is 1.63 bits per heavy atom. The lowest BCUT2D eigenvalue weighted by Crippen LogP contribution is -2.28. The standard InChI is InChI=1S/C33H29N3O4S/c1-22-14-16-26(18-23(22)2)34-31(37)21-40-28-17-15-24(19-29(28)39-3)20-30-32(38)36(27-12-8-5-9-13-27)33(41-30)35-25-10-6-4-7-11-25/h4-20H,21H2,1-3H3,(H,34,37)/b30-20-,35-33?. The van der Waals surface area contributed by atoms with Gasteiger partial charge in [-0.25, -0.2) is 4.99 Å². The maximum absolute atomic E-state index is 13.6. The number of amides is 2. The summed E-state index contributed by atoms with van der Waals surface area (Å²) in [5, 5.41) is 3.42. The Morgan fingerprint density at radius 1 is 0.902 bits per heavy atom. The van der Waals surface area contributed by atoms with E-state index in [0.29, 0.717) is 27.3 Å². The van der Waals surface area contributed by atoms with Gasteiger partial charge < -0.3 is 14.8 Å². The SMILES string of the molecule is COc1cc(/C=C2\SC(=Nc3ccccc3)N(c3ccccc3)C2=O)ccc1OCC(=O)Nc1ccc(C)c(C)c1. The fourth-order valence-corrected chi connectivity index (χ4v) is 5.17. The molecule has 0 atom stereocenters. The summed E-state index contributed by atoms with van der Waals surface area (Å²) in [6.07, 6.45) is 1.80. The van der Waals surface area contributed by atoms with Crippen LogP contribution in [0.25, 0.3) is 6.08 Å². The third-order valence-electron chi connectivity index (χ3n) is 6.44. The molecule has 0 unspecified atom stereocenters. The number of carbonyl (C=O) groups excluding carboxylic acids is 2. The van der Waals surface area contributed by atoms with Gasteiger partial charge in [-0.05, 0) is 96.9 Å². The number of nitrogens with zero attached hydrogens (tertiary/aromatic N) is 2. The minimum absolute atomic E-state index is 0.168. The second kappa shape index (κ2) is 12.6. The molecule has 8 heteroatoms. The number of anilines is 2. The summed E-state index contributed by atoms with van der Waals surface area (Å²) >= 11 is 1.31.